The molecule has 1 fully saturated rings. The predicted molar refractivity (Wildman–Crippen MR) is 77.9 cm³/mol. The van der Waals surface area contributed by atoms with Crippen LogP contribution in [0, 0.1) is 0 Å². The summed E-state index contributed by atoms with van der Waals surface area (Å²) in [6, 6.07) is 7.56. The van der Waals surface area contributed by atoms with Crippen molar-refractivity contribution in [3.8, 4) is 0 Å². The fourth-order valence-electron chi connectivity index (χ4n) is 3.31. The molecule has 0 spiro atoms. The van der Waals surface area contributed by atoms with Gasteiger partial charge in [-0.1, -0.05) is 24.3 Å². The summed E-state index contributed by atoms with van der Waals surface area (Å²) < 4.78 is 0. The van der Waals surface area contributed by atoms with E-state index >= 15 is 0 Å². The maximum atomic E-state index is 12.6. The van der Waals surface area contributed by atoms with E-state index in [1.807, 2.05) is 24.3 Å². The van der Waals surface area contributed by atoms with Gasteiger partial charge in [-0.15, -0.1) is 0 Å². The van der Waals surface area contributed by atoms with E-state index in [4.69, 9.17) is 5.11 Å². The molecule has 1 heterocycles. The summed E-state index contributed by atoms with van der Waals surface area (Å²) in [5, 5.41) is 15.3. The molecule has 2 aliphatic rings. The molecule has 0 saturated heterocycles. The normalized spacial score (nSPS) is 22.8. The molecule has 1 aromatic carbocycles. The molecule has 1 unspecified atom stereocenters. The van der Waals surface area contributed by atoms with Gasteiger partial charge in [-0.05, 0) is 36.8 Å². The van der Waals surface area contributed by atoms with E-state index in [0.29, 0.717) is 0 Å². The number of benzene rings is 1. The van der Waals surface area contributed by atoms with Crippen LogP contribution in [0.1, 0.15) is 42.9 Å². The number of aliphatic carboxylic acids is 1. The monoisotopic (exact) mass is 288 g/mol. The first kappa shape index (κ1) is 14.1. The average molecular weight is 288 g/mol. The van der Waals surface area contributed by atoms with Crippen LogP contribution >= 0.6 is 0 Å². The molecule has 1 saturated carbocycles. The fourth-order valence-corrected chi connectivity index (χ4v) is 3.31. The smallest absolute Gasteiger partial charge is 0.305 e. The molecule has 1 amide bonds. The second kappa shape index (κ2) is 5.48. The minimum absolute atomic E-state index is 0.00705. The zero-order chi connectivity index (χ0) is 14.9. The molecule has 0 radical (unpaired) electrons. The number of amides is 1. The summed E-state index contributed by atoms with van der Waals surface area (Å²) in [5.41, 5.74) is 1.65. The van der Waals surface area contributed by atoms with Crippen molar-refractivity contribution in [1.82, 2.24) is 10.6 Å². The second-order valence-electron chi connectivity index (χ2n) is 6.03. The number of nitrogens with one attached hydrogen (secondary N) is 2. The molecular formula is C16H20N2O3. The third-order valence-corrected chi connectivity index (χ3v) is 4.56. The summed E-state index contributed by atoms with van der Waals surface area (Å²) in [6.45, 7) is 0.765. The minimum Gasteiger partial charge on any atom is -0.481 e. The number of rotatable bonds is 4. The number of hydrogen-bond acceptors (Lipinski definition) is 3. The Balaban J connectivity index is 1.76. The topological polar surface area (TPSA) is 78.4 Å². The van der Waals surface area contributed by atoms with E-state index < -0.39 is 11.5 Å². The molecule has 5 heteroatoms. The van der Waals surface area contributed by atoms with Crippen molar-refractivity contribution >= 4 is 11.9 Å². The molecule has 0 aromatic heterocycles. The summed E-state index contributed by atoms with van der Waals surface area (Å²) in [7, 11) is 0. The van der Waals surface area contributed by atoms with Gasteiger partial charge in [-0.2, -0.15) is 0 Å². The number of carboxylic acid groups (broad SMARTS) is 1. The van der Waals surface area contributed by atoms with Gasteiger partial charge in [0, 0.05) is 6.54 Å². The van der Waals surface area contributed by atoms with Crippen LogP contribution < -0.4 is 10.6 Å². The number of hydrogen-bond donors (Lipinski definition) is 3. The molecule has 1 aromatic rings. The van der Waals surface area contributed by atoms with Crippen molar-refractivity contribution in [2.75, 3.05) is 6.54 Å². The van der Waals surface area contributed by atoms with Crippen molar-refractivity contribution in [2.24, 2.45) is 0 Å². The number of fused-ring (bicyclic) bond motifs is 1. The van der Waals surface area contributed by atoms with E-state index in [1.165, 1.54) is 5.56 Å². The zero-order valence-corrected chi connectivity index (χ0v) is 11.9. The predicted octanol–water partition coefficient (Wildman–Crippen LogP) is 1.39. The number of carbonyl (C=O) groups is 2. The van der Waals surface area contributed by atoms with Crippen LogP contribution in [0.2, 0.25) is 0 Å². The summed E-state index contributed by atoms with van der Waals surface area (Å²) in [6.07, 6.45) is 3.40. The van der Waals surface area contributed by atoms with Gasteiger partial charge in [0.05, 0.1) is 12.0 Å². The lowest BCUT2D eigenvalue weighted by Crippen LogP contribution is -2.57. The Morgan fingerprint density at radius 1 is 1.33 bits per heavy atom. The van der Waals surface area contributed by atoms with Crippen molar-refractivity contribution in [1.29, 1.82) is 0 Å². The van der Waals surface area contributed by atoms with Crippen LogP contribution in [0.3, 0.4) is 0 Å². The Labute approximate surface area is 123 Å². The average Bonchev–Trinajstić information content (AvgIpc) is 2.43. The van der Waals surface area contributed by atoms with Crippen LogP contribution in [0.4, 0.5) is 0 Å². The van der Waals surface area contributed by atoms with E-state index in [0.717, 1.165) is 37.8 Å². The lowest BCUT2D eigenvalue weighted by molar-refractivity contribution is -0.140. The zero-order valence-electron chi connectivity index (χ0n) is 11.9. The van der Waals surface area contributed by atoms with Crippen LogP contribution in [-0.4, -0.2) is 29.1 Å². The lowest BCUT2D eigenvalue weighted by atomic mass is 9.74. The first-order valence-corrected chi connectivity index (χ1v) is 7.45. The fraction of sp³-hybridized carbons (Fsp3) is 0.500. The van der Waals surface area contributed by atoms with Crippen LogP contribution in [0.25, 0.3) is 0 Å². The standard InChI is InChI=1S/C16H20N2O3/c19-13(20)10-16(7-3-8-16)18-15(21)14-12-5-2-1-4-11(12)6-9-17-14/h1-2,4-5,14,17H,3,6-10H2,(H,18,21)(H,19,20). The molecule has 1 atom stereocenters. The van der Waals surface area contributed by atoms with Gasteiger partial charge < -0.3 is 15.7 Å². The van der Waals surface area contributed by atoms with Gasteiger partial charge in [0.1, 0.15) is 6.04 Å². The van der Waals surface area contributed by atoms with Crippen LogP contribution in [0.5, 0.6) is 0 Å². The Kier molecular flexibility index (Phi) is 3.68. The number of carboxylic acids is 1. The Bertz CT molecular complexity index is 566. The van der Waals surface area contributed by atoms with E-state index in [2.05, 4.69) is 10.6 Å². The molecule has 3 N–H and O–H groups in total. The van der Waals surface area contributed by atoms with Gasteiger partial charge in [0.25, 0.3) is 0 Å². The second-order valence-corrected chi connectivity index (χ2v) is 6.03. The van der Waals surface area contributed by atoms with Crippen molar-refractivity contribution in [2.45, 2.75) is 43.7 Å². The molecule has 3 rings (SSSR count). The third kappa shape index (κ3) is 2.78. The van der Waals surface area contributed by atoms with Crippen molar-refractivity contribution in [3.05, 3.63) is 35.4 Å². The first-order chi connectivity index (χ1) is 10.1. The lowest BCUT2D eigenvalue weighted by Gasteiger charge is -2.42. The highest BCUT2D eigenvalue weighted by Gasteiger charge is 2.42. The van der Waals surface area contributed by atoms with Crippen LogP contribution in [-0.2, 0) is 16.0 Å². The molecular weight excluding hydrogens is 268 g/mol. The summed E-state index contributed by atoms with van der Waals surface area (Å²) >= 11 is 0. The van der Waals surface area contributed by atoms with Crippen LogP contribution in [0.15, 0.2) is 24.3 Å². The molecule has 0 bridgehead atoms. The maximum Gasteiger partial charge on any atom is 0.305 e. The van der Waals surface area contributed by atoms with Gasteiger partial charge >= 0.3 is 5.97 Å². The molecule has 21 heavy (non-hydrogen) atoms. The van der Waals surface area contributed by atoms with Gasteiger partial charge in [-0.3, -0.25) is 9.59 Å². The SMILES string of the molecule is O=C(O)CC1(NC(=O)C2NCCc3ccccc32)CCC1. The summed E-state index contributed by atoms with van der Waals surface area (Å²) in [4.78, 5) is 23.6. The molecule has 5 nitrogen and oxygen atoms in total. The minimum atomic E-state index is -0.855. The third-order valence-electron chi connectivity index (χ3n) is 4.56. The molecule has 112 valence electrons. The van der Waals surface area contributed by atoms with Crippen molar-refractivity contribution < 1.29 is 14.7 Å². The van der Waals surface area contributed by atoms with Gasteiger partial charge in [0.2, 0.25) is 5.91 Å². The Hall–Kier alpha value is -1.88. The highest BCUT2D eigenvalue weighted by atomic mass is 16.4. The quantitative estimate of drug-likeness (QED) is 0.782. The van der Waals surface area contributed by atoms with E-state index in [9.17, 15) is 9.59 Å². The molecule has 1 aliphatic heterocycles. The van der Waals surface area contributed by atoms with Gasteiger partial charge in [0.15, 0.2) is 0 Å². The van der Waals surface area contributed by atoms with Crippen molar-refractivity contribution in [3.63, 3.8) is 0 Å². The Morgan fingerprint density at radius 3 is 2.76 bits per heavy atom. The van der Waals surface area contributed by atoms with E-state index in [1.54, 1.807) is 0 Å². The number of carbonyl (C=O) groups excluding carboxylic acids is 1. The first-order valence-electron chi connectivity index (χ1n) is 7.45. The largest absolute Gasteiger partial charge is 0.481 e. The highest BCUT2D eigenvalue weighted by Crippen LogP contribution is 2.36. The molecule has 1 aliphatic carbocycles. The summed E-state index contributed by atoms with van der Waals surface area (Å²) in [5.74, 6) is -0.963. The highest BCUT2D eigenvalue weighted by molar-refractivity contribution is 5.85. The van der Waals surface area contributed by atoms with Gasteiger partial charge in [-0.25, -0.2) is 0 Å². The van der Waals surface area contributed by atoms with E-state index in [-0.39, 0.29) is 18.4 Å². The Morgan fingerprint density at radius 2 is 2.10 bits per heavy atom. The maximum absolute atomic E-state index is 12.6.